The van der Waals surface area contributed by atoms with Gasteiger partial charge in [-0.1, -0.05) is 58.5 Å². The van der Waals surface area contributed by atoms with Gasteiger partial charge in [0, 0.05) is 16.8 Å². The summed E-state index contributed by atoms with van der Waals surface area (Å²) < 4.78 is 0. The van der Waals surface area contributed by atoms with Crippen LogP contribution in [0, 0.1) is 6.92 Å². The maximum atomic E-state index is 6.19. The zero-order valence-electron chi connectivity index (χ0n) is 9.40. The van der Waals surface area contributed by atoms with Crippen LogP contribution in [-0.4, -0.2) is 0 Å². The van der Waals surface area contributed by atoms with E-state index in [2.05, 4.69) is 0 Å². The molecule has 0 bridgehead atoms. The summed E-state index contributed by atoms with van der Waals surface area (Å²) in [5.41, 5.74) is 8.99. The minimum Gasteiger partial charge on any atom is -0.398 e. The van der Waals surface area contributed by atoms with Gasteiger partial charge in [0.2, 0.25) is 0 Å². The average Bonchev–Trinajstić information content (AvgIpc) is 2.29. The van der Waals surface area contributed by atoms with E-state index in [0.29, 0.717) is 26.3 Å². The highest BCUT2D eigenvalue weighted by Gasteiger charge is 2.17. The Bertz CT molecular complexity index is 623. The van der Waals surface area contributed by atoms with Gasteiger partial charge in [-0.2, -0.15) is 0 Å². The lowest BCUT2D eigenvalue weighted by Gasteiger charge is -2.13. The number of hydrogen-bond acceptors (Lipinski definition) is 1. The van der Waals surface area contributed by atoms with Crippen LogP contribution in [-0.2, 0) is 0 Å². The normalized spacial score (nSPS) is 10.7. The van der Waals surface area contributed by atoms with Crippen molar-refractivity contribution in [2.45, 2.75) is 6.92 Å². The molecule has 0 heterocycles. The Morgan fingerprint density at radius 1 is 0.889 bits per heavy atom. The molecule has 18 heavy (non-hydrogen) atoms. The fourth-order valence-electron chi connectivity index (χ4n) is 1.72. The van der Waals surface area contributed by atoms with E-state index < -0.39 is 0 Å². The lowest BCUT2D eigenvalue weighted by molar-refractivity contribution is 1.47. The summed E-state index contributed by atoms with van der Waals surface area (Å²) in [7, 11) is 0. The van der Waals surface area contributed by atoms with E-state index in [-0.39, 0.29) is 5.02 Å². The maximum absolute atomic E-state index is 6.19. The van der Waals surface area contributed by atoms with Crippen molar-refractivity contribution in [1.29, 1.82) is 0 Å². The molecule has 1 nitrogen and oxygen atoms in total. The smallest absolute Gasteiger partial charge is 0.0785 e. The lowest BCUT2D eigenvalue weighted by Crippen LogP contribution is -1.93. The molecule has 0 radical (unpaired) electrons. The molecule has 0 saturated heterocycles. The van der Waals surface area contributed by atoms with Gasteiger partial charge in [0.1, 0.15) is 0 Å². The molecule has 0 aliphatic heterocycles. The summed E-state index contributed by atoms with van der Waals surface area (Å²) in [6, 6.07) is 7.21. The third-order valence-corrected chi connectivity index (χ3v) is 4.15. The molecule has 0 aliphatic rings. The number of aryl methyl sites for hydroxylation is 1. The molecule has 0 amide bonds. The SMILES string of the molecule is Cc1ccc(-c2c(Cl)cc(Cl)c(Cl)c2Cl)c(N)c1. The average molecular weight is 321 g/mol. The van der Waals surface area contributed by atoms with Crippen molar-refractivity contribution in [1.82, 2.24) is 0 Å². The number of nitrogen functional groups attached to an aromatic ring is 1. The first-order chi connectivity index (χ1) is 8.41. The molecular weight excluding hydrogens is 312 g/mol. The summed E-state index contributed by atoms with van der Waals surface area (Å²) in [4.78, 5) is 0. The molecule has 0 saturated carbocycles. The molecule has 2 N–H and O–H groups in total. The number of halogens is 4. The van der Waals surface area contributed by atoms with Crippen molar-refractivity contribution in [3.8, 4) is 11.1 Å². The Balaban J connectivity index is 2.75. The largest absolute Gasteiger partial charge is 0.398 e. The van der Waals surface area contributed by atoms with E-state index >= 15 is 0 Å². The van der Waals surface area contributed by atoms with Crippen molar-refractivity contribution in [3.63, 3.8) is 0 Å². The number of anilines is 1. The molecule has 0 spiro atoms. The molecule has 0 fully saturated rings. The fraction of sp³-hybridized carbons (Fsp3) is 0.0769. The molecule has 5 heteroatoms. The van der Waals surface area contributed by atoms with E-state index in [1.54, 1.807) is 6.07 Å². The molecule has 0 unspecified atom stereocenters. The van der Waals surface area contributed by atoms with Crippen LogP contribution in [0.15, 0.2) is 24.3 Å². The summed E-state index contributed by atoms with van der Waals surface area (Å²) in [6.07, 6.45) is 0. The zero-order valence-corrected chi connectivity index (χ0v) is 12.4. The van der Waals surface area contributed by atoms with Crippen molar-refractivity contribution < 1.29 is 0 Å². The van der Waals surface area contributed by atoms with Crippen LogP contribution in [0.1, 0.15) is 5.56 Å². The maximum Gasteiger partial charge on any atom is 0.0785 e. The third kappa shape index (κ3) is 2.41. The van der Waals surface area contributed by atoms with Crippen molar-refractivity contribution in [2.75, 3.05) is 5.73 Å². The van der Waals surface area contributed by atoms with E-state index in [0.717, 1.165) is 11.1 Å². The molecule has 0 aliphatic carbocycles. The minimum atomic E-state index is 0.276. The van der Waals surface area contributed by atoms with Gasteiger partial charge < -0.3 is 5.73 Å². The van der Waals surface area contributed by atoms with Gasteiger partial charge in [-0.3, -0.25) is 0 Å². The third-order valence-electron chi connectivity index (χ3n) is 2.59. The van der Waals surface area contributed by atoms with Crippen LogP contribution in [0.3, 0.4) is 0 Å². The topological polar surface area (TPSA) is 26.0 Å². The number of nitrogens with two attached hydrogens (primary N) is 1. The van der Waals surface area contributed by atoms with E-state index in [1.807, 2.05) is 25.1 Å². The van der Waals surface area contributed by atoms with Gasteiger partial charge in [0.25, 0.3) is 0 Å². The van der Waals surface area contributed by atoms with Gasteiger partial charge in [-0.15, -0.1) is 0 Å². The van der Waals surface area contributed by atoms with Crippen LogP contribution in [0.25, 0.3) is 11.1 Å². The van der Waals surface area contributed by atoms with Gasteiger partial charge >= 0.3 is 0 Å². The quantitative estimate of drug-likeness (QED) is 0.397. The van der Waals surface area contributed by atoms with Gasteiger partial charge in [0.15, 0.2) is 0 Å². The lowest BCUT2D eigenvalue weighted by atomic mass is 10.0. The first kappa shape index (κ1) is 13.8. The molecule has 2 rings (SSSR count). The van der Waals surface area contributed by atoms with Crippen LogP contribution in [0.5, 0.6) is 0 Å². The summed E-state index contributed by atoms with van der Waals surface area (Å²) in [5, 5.41) is 1.33. The number of rotatable bonds is 1. The monoisotopic (exact) mass is 319 g/mol. The summed E-state index contributed by atoms with van der Waals surface area (Å²) >= 11 is 24.3. The highest BCUT2D eigenvalue weighted by Crippen LogP contribution is 2.44. The zero-order chi connectivity index (χ0) is 13.4. The van der Waals surface area contributed by atoms with Crippen molar-refractivity contribution in [2.24, 2.45) is 0 Å². The Morgan fingerprint density at radius 2 is 1.56 bits per heavy atom. The number of hydrogen-bond donors (Lipinski definition) is 1. The molecular formula is C13H9Cl4N. The molecule has 94 valence electrons. The summed E-state index contributed by atoms with van der Waals surface area (Å²) in [6.45, 7) is 1.96. The van der Waals surface area contributed by atoms with E-state index in [1.165, 1.54) is 0 Å². The van der Waals surface area contributed by atoms with Crippen LogP contribution < -0.4 is 5.73 Å². The van der Waals surface area contributed by atoms with Gasteiger partial charge in [-0.05, 0) is 24.6 Å². The molecule has 2 aromatic rings. The molecule has 0 atom stereocenters. The Labute approximate surface area is 125 Å². The second-order valence-corrected chi connectivity index (χ2v) is 5.50. The second-order valence-electron chi connectivity index (χ2n) is 3.93. The van der Waals surface area contributed by atoms with E-state index in [4.69, 9.17) is 52.1 Å². The summed E-state index contributed by atoms with van der Waals surface area (Å²) in [5.74, 6) is 0. The van der Waals surface area contributed by atoms with E-state index in [9.17, 15) is 0 Å². The minimum absolute atomic E-state index is 0.276. The number of benzene rings is 2. The van der Waals surface area contributed by atoms with Crippen molar-refractivity contribution >= 4 is 52.1 Å². The second kappa shape index (κ2) is 5.18. The predicted molar refractivity (Wildman–Crippen MR) is 81.1 cm³/mol. The Kier molecular flexibility index (Phi) is 3.98. The highest BCUT2D eigenvalue weighted by atomic mass is 35.5. The molecule has 2 aromatic carbocycles. The first-order valence-electron chi connectivity index (χ1n) is 5.11. The van der Waals surface area contributed by atoms with Crippen LogP contribution >= 0.6 is 46.4 Å². The van der Waals surface area contributed by atoms with Crippen LogP contribution in [0.2, 0.25) is 20.1 Å². The van der Waals surface area contributed by atoms with Crippen LogP contribution in [0.4, 0.5) is 5.69 Å². The Hall–Kier alpha value is -0.600. The first-order valence-corrected chi connectivity index (χ1v) is 6.62. The molecule has 0 aromatic heterocycles. The van der Waals surface area contributed by atoms with Crippen molar-refractivity contribution in [3.05, 3.63) is 49.9 Å². The fourth-order valence-corrected chi connectivity index (χ4v) is 2.84. The highest BCUT2D eigenvalue weighted by molar-refractivity contribution is 6.51. The Morgan fingerprint density at radius 3 is 2.17 bits per heavy atom. The van der Waals surface area contributed by atoms with Gasteiger partial charge in [0.05, 0.1) is 20.1 Å². The predicted octanol–water partition coefficient (Wildman–Crippen LogP) is 5.86. The van der Waals surface area contributed by atoms with Gasteiger partial charge in [-0.25, -0.2) is 0 Å². The standard InChI is InChI=1S/C13H9Cl4N/c1-6-2-3-7(10(18)4-6)11-8(14)5-9(15)12(16)13(11)17/h2-5H,18H2,1H3.